The van der Waals surface area contributed by atoms with Crippen LogP contribution in [0.25, 0.3) is 0 Å². The predicted molar refractivity (Wildman–Crippen MR) is 105 cm³/mol. The number of anilines is 2. The van der Waals surface area contributed by atoms with Gasteiger partial charge in [0, 0.05) is 20.8 Å². The Balaban J connectivity index is 1.99. The Morgan fingerprint density at radius 2 is 1.78 bits per heavy atom. The minimum absolute atomic E-state index is 0.0611. The van der Waals surface area contributed by atoms with Crippen molar-refractivity contribution in [3.63, 3.8) is 0 Å². The maximum absolute atomic E-state index is 11.6. The quantitative estimate of drug-likeness (QED) is 0.387. The summed E-state index contributed by atoms with van der Waals surface area (Å²) in [4.78, 5) is 18.8. The molecule has 0 radical (unpaired) electrons. The lowest BCUT2D eigenvalue weighted by Gasteiger charge is -2.10. The van der Waals surface area contributed by atoms with Gasteiger partial charge in [0.25, 0.3) is 0 Å². The molecule has 0 unspecified atom stereocenters. The average Bonchev–Trinajstić information content (AvgIpc) is 2.57. The zero-order chi connectivity index (χ0) is 19.6. The lowest BCUT2D eigenvalue weighted by molar-refractivity contribution is -0.385. The Morgan fingerprint density at radius 1 is 1.07 bits per heavy atom. The van der Waals surface area contributed by atoms with Gasteiger partial charge in [0.15, 0.2) is 0 Å². The van der Waals surface area contributed by atoms with Gasteiger partial charge in [-0.15, -0.1) is 0 Å². The van der Waals surface area contributed by atoms with Crippen LogP contribution in [0.5, 0.6) is 11.6 Å². The van der Waals surface area contributed by atoms with Crippen LogP contribution in [0.3, 0.4) is 0 Å². The molecule has 3 aromatic rings. The zero-order valence-corrected chi connectivity index (χ0v) is 16.0. The molecule has 3 rings (SSSR count). The van der Waals surface area contributed by atoms with Crippen LogP contribution in [-0.2, 0) is 0 Å². The van der Waals surface area contributed by atoms with Crippen molar-refractivity contribution in [1.82, 2.24) is 9.97 Å². The molecule has 0 bridgehead atoms. The Bertz CT molecular complexity index is 1010. The smallest absolute Gasteiger partial charge is 0.373 e. The molecule has 0 atom stereocenters. The molecule has 0 saturated carbocycles. The standard InChI is InChI=1S/C17H11Cl3N4O3/c1-9-4-13(2-3-14(9)20)27-17-15(24(25)26)16(21-8-22-17)23-12-6-10(18)5-11(19)7-12/h2-8H,1H3,(H,21,22,23). The molecule has 0 spiro atoms. The van der Waals surface area contributed by atoms with E-state index in [1.54, 1.807) is 43.3 Å². The first-order chi connectivity index (χ1) is 12.8. The van der Waals surface area contributed by atoms with E-state index in [1.807, 2.05) is 0 Å². The Morgan fingerprint density at radius 3 is 2.41 bits per heavy atom. The molecule has 0 aliphatic rings. The molecule has 0 fully saturated rings. The summed E-state index contributed by atoms with van der Waals surface area (Å²) < 4.78 is 5.59. The number of aryl methyl sites for hydroxylation is 1. The molecule has 1 N–H and O–H groups in total. The Hall–Kier alpha value is -2.61. The minimum atomic E-state index is -0.632. The van der Waals surface area contributed by atoms with Gasteiger partial charge in [-0.25, -0.2) is 4.98 Å². The van der Waals surface area contributed by atoms with Gasteiger partial charge in [-0.1, -0.05) is 34.8 Å². The van der Waals surface area contributed by atoms with E-state index in [-0.39, 0.29) is 11.7 Å². The van der Waals surface area contributed by atoms with Crippen molar-refractivity contribution >= 4 is 52.0 Å². The highest BCUT2D eigenvalue weighted by molar-refractivity contribution is 6.35. The van der Waals surface area contributed by atoms with Crippen molar-refractivity contribution < 1.29 is 9.66 Å². The highest BCUT2D eigenvalue weighted by atomic mass is 35.5. The van der Waals surface area contributed by atoms with Crippen LogP contribution in [0, 0.1) is 17.0 Å². The van der Waals surface area contributed by atoms with Crippen LogP contribution < -0.4 is 10.1 Å². The predicted octanol–water partition coefficient (Wildman–Crippen LogP) is 6.19. The Labute approximate surface area is 169 Å². The lowest BCUT2D eigenvalue weighted by Crippen LogP contribution is -2.03. The van der Waals surface area contributed by atoms with Crippen LogP contribution in [0.15, 0.2) is 42.7 Å². The molecule has 0 saturated heterocycles. The van der Waals surface area contributed by atoms with Crippen LogP contribution in [0.1, 0.15) is 5.56 Å². The number of hydrogen-bond donors (Lipinski definition) is 1. The number of nitrogens with one attached hydrogen (secondary N) is 1. The summed E-state index contributed by atoms with van der Waals surface area (Å²) in [6.45, 7) is 1.79. The van der Waals surface area contributed by atoms with E-state index in [1.165, 1.54) is 0 Å². The summed E-state index contributed by atoms with van der Waals surface area (Å²) in [5.41, 5.74) is 0.765. The zero-order valence-electron chi connectivity index (χ0n) is 13.7. The van der Waals surface area contributed by atoms with E-state index in [0.29, 0.717) is 26.5 Å². The Kier molecular flexibility index (Phi) is 5.65. The summed E-state index contributed by atoms with van der Waals surface area (Å²) in [5, 5.41) is 15.7. The second kappa shape index (κ2) is 7.96. The SMILES string of the molecule is Cc1cc(Oc2ncnc(Nc3cc(Cl)cc(Cl)c3)c2[N+](=O)[O-])ccc1Cl. The maximum Gasteiger partial charge on any atom is 0.373 e. The number of halogens is 3. The number of aromatic nitrogens is 2. The molecular weight excluding hydrogens is 415 g/mol. The van der Waals surface area contributed by atoms with E-state index in [0.717, 1.165) is 11.9 Å². The molecule has 27 heavy (non-hydrogen) atoms. The fourth-order valence-corrected chi connectivity index (χ4v) is 2.89. The third-order valence-corrected chi connectivity index (χ3v) is 4.30. The molecular formula is C17H11Cl3N4O3. The van der Waals surface area contributed by atoms with Crippen molar-refractivity contribution in [3.05, 3.63) is 73.5 Å². The van der Waals surface area contributed by atoms with Crippen LogP contribution in [0.2, 0.25) is 15.1 Å². The van der Waals surface area contributed by atoms with Gasteiger partial charge in [0.05, 0.1) is 4.92 Å². The highest BCUT2D eigenvalue weighted by Crippen LogP contribution is 2.36. The largest absolute Gasteiger partial charge is 0.434 e. The van der Waals surface area contributed by atoms with E-state index in [2.05, 4.69) is 15.3 Å². The van der Waals surface area contributed by atoms with Crippen molar-refractivity contribution in [2.24, 2.45) is 0 Å². The van der Waals surface area contributed by atoms with Gasteiger partial charge >= 0.3 is 11.6 Å². The first kappa shape index (κ1) is 19.2. The van der Waals surface area contributed by atoms with Crippen molar-refractivity contribution in [1.29, 1.82) is 0 Å². The fraction of sp³-hybridized carbons (Fsp3) is 0.0588. The van der Waals surface area contributed by atoms with E-state index in [9.17, 15) is 10.1 Å². The molecule has 0 aliphatic heterocycles. The third kappa shape index (κ3) is 4.57. The summed E-state index contributed by atoms with van der Waals surface area (Å²) in [7, 11) is 0. The topological polar surface area (TPSA) is 90.2 Å². The van der Waals surface area contributed by atoms with Crippen molar-refractivity contribution in [2.45, 2.75) is 6.92 Å². The number of ether oxygens (including phenoxy) is 1. The molecule has 2 aromatic carbocycles. The van der Waals surface area contributed by atoms with Gasteiger partial charge in [0.1, 0.15) is 12.1 Å². The third-order valence-electron chi connectivity index (χ3n) is 3.44. The second-order valence-electron chi connectivity index (χ2n) is 5.43. The first-order valence-electron chi connectivity index (χ1n) is 7.50. The molecule has 7 nitrogen and oxygen atoms in total. The molecule has 138 valence electrons. The van der Waals surface area contributed by atoms with Gasteiger partial charge in [-0.05, 0) is 48.9 Å². The molecule has 0 aliphatic carbocycles. The van der Waals surface area contributed by atoms with Gasteiger partial charge in [0.2, 0.25) is 5.82 Å². The van der Waals surface area contributed by atoms with E-state index >= 15 is 0 Å². The highest BCUT2D eigenvalue weighted by Gasteiger charge is 2.25. The van der Waals surface area contributed by atoms with E-state index in [4.69, 9.17) is 39.5 Å². The maximum atomic E-state index is 11.6. The lowest BCUT2D eigenvalue weighted by atomic mass is 10.2. The van der Waals surface area contributed by atoms with Gasteiger partial charge in [-0.3, -0.25) is 10.1 Å². The number of benzene rings is 2. The number of hydrogen-bond acceptors (Lipinski definition) is 6. The van der Waals surface area contributed by atoms with Crippen molar-refractivity contribution in [2.75, 3.05) is 5.32 Å². The normalized spacial score (nSPS) is 10.5. The fourth-order valence-electron chi connectivity index (χ4n) is 2.25. The van der Waals surface area contributed by atoms with Crippen LogP contribution in [-0.4, -0.2) is 14.9 Å². The monoisotopic (exact) mass is 424 g/mol. The first-order valence-corrected chi connectivity index (χ1v) is 8.63. The van der Waals surface area contributed by atoms with Gasteiger partial charge < -0.3 is 10.1 Å². The van der Waals surface area contributed by atoms with Crippen LogP contribution >= 0.6 is 34.8 Å². The molecule has 1 aromatic heterocycles. The summed E-state index contributed by atoms with van der Waals surface area (Å²) in [5.74, 6) is 0.0804. The molecule has 1 heterocycles. The molecule has 0 amide bonds. The average molecular weight is 426 g/mol. The number of nitro groups is 1. The number of nitrogens with zero attached hydrogens (tertiary/aromatic N) is 3. The molecule has 10 heteroatoms. The summed E-state index contributed by atoms with van der Waals surface area (Å²) in [6, 6.07) is 9.53. The van der Waals surface area contributed by atoms with Crippen LogP contribution in [0.4, 0.5) is 17.2 Å². The van der Waals surface area contributed by atoms with Crippen molar-refractivity contribution in [3.8, 4) is 11.6 Å². The minimum Gasteiger partial charge on any atom is -0.434 e. The summed E-state index contributed by atoms with van der Waals surface area (Å²) in [6.07, 6.45) is 1.15. The summed E-state index contributed by atoms with van der Waals surface area (Å²) >= 11 is 17.9. The number of rotatable bonds is 5. The second-order valence-corrected chi connectivity index (χ2v) is 6.71. The van der Waals surface area contributed by atoms with E-state index < -0.39 is 10.6 Å². The van der Waals surface area contributed by atoms with Gasteiger partial charge in [-0.2, -0.15) is 4.98 Å².